The molecular weight excluding hydrogens is 236 g/mol. The van der Waals surface area contributed by atoms with Gasteiger partial charge < -0.3 is 15.8 Å². The van der Waals surface area contributed by atoms with Crippen molar-refractivity contribution in [3.05, 3.63) is 10.9 Å². The monoisotopic (exact) mass is 256 g/mol. The van der Waals surface area contributed by atoms with Crippen LogP contribution in [-0.2, 0) is 4.74 Å². The summed E-state index contributed by atoms with van der Waals surface area (Å²) in [4.78, 5) is 11.9. The van der Waals surface area contributed by atoms with Crippen molar-refractivity contribution >= 4 is 28.0 Å². The molecule has 96 valence electrons. The van der Waals surface area contributed by atoms with Crippen LogP contribution in [0.4, 0.5) is 10.7 Å². The molecule has 1 unspecified atom stereocenters. The Hall–Kier alpha value is -1.23. The largest absolute Gasteiger partial charge is 0.465 e. The first kappa shape index (κ1) is 13.8. The molecule has 0 aliphatic carbocycles. The van der Waals surface area contributed by atoms with Gasteiger partial charge in [-0.25, -0.2) is 4.79 Å². The quantitative estimate of drug-likeness (QED) is 0.795. The zero-order chi connectivity index (χ0) is 13.0. The summed E-state index contributed by atoms with van der Waals surface area (Å²) in [5.74, 6) is 0.156. The van der Waals surface area contributed by atoms with Crippen molar-refractivity contribution < 1.29 is 9.53 Å². The molecule has 5 heteroatoms. The number of carbonyl (C=O) groups is 1. The Balaban J connectivity index is 2.83. The molecule has 0 aliphatic rings. The van der Waals surface area contributed by atoms with Gasteiger partial charge in [0, 0.05) is 6.04 Å². The van der Waals surface area contributed by atoms with E-state index in [4.69, 9.17) is 5.73 Å². The summed E-state index contributed by atoms with van der Waals surface area (Å²) in [6, 6.07) is 2.18. The summed E-state index contributed by atoms with van der Waals surface area (Å²) in [5, 5.41) is 4.32. The molecular formula is C12H20N2O2S. The molecule has 0 saturated heterocycles. The minimum atomic E-state index is -0.377. The SMILES string of the molecule is CCC(Nc1cc(N)c(C(=O)OC)s1)C(C)C. The van der Waals surface area contributed by atoms with Gasteiger partial charge in [-0.2, -0.15) is 0 Å². The molecule has 1 aromatic rings. The van der Waals surface area contributed by atoms with Gasteiger partial charge in [-0.05, 0) is 18.4 Å². The van der Waals surface area contributed by atoms with Crippen LogP contribution in [0, 0.1) is 5.92 Å². The zero-order valence-corrected chi connectivity index (χ0v) is 11.6. The van der Waals surface area contributed by atoms with Crippen LogP contribution in [0.1, 0.15) is 36.9 Å². The summed E-state index contributed by atoms with van der Waals surface area (Å²) in [5.41, 5.74) is 6.26. The van der Waals surface area contributed by atoms with Crippen LogP contribution in [0.25, 0.3) is 0 Å². The average molecular weight is 256 g/mol. The maximum Gasteiger partial charge on any atom is 0.350 e. The Morgan fingerprint density at radius 2 is 2.24 bits per heavy atom. The van der Waals surface area contributed by atoms with Gasteiger partial charge in [0.15, 0.2) is 0 Å². The van der Waals surface area contributed by atoms with E-state index in [1.165, 1.54) is 18.4 Å². The Morgan fingerprint density at radius 3 is 2.71 bits per heavy atom. The number of methoxy groups -OCH3 is 1. The van der Waals surface area contributed by atoms with Crippen molar-refractivity contribution in [3.8, 4) is 0 Å². The Bertz CT molecular complexity index is 388. The molecule has 3 N–H and O–H groups in total. The highest BCUT2D eigenvalue weighted by atomic mass is 32.1. The predicted molar refractivity (Wildman–Crippen MR) is 72.6 cm³/mol. The molecule has 17 heavy (non-hydrogen) atoms. The van der Waals surface area contributed by atoms with Gasteiger partial charge >= 0.3 is 5.97 Å². The van der Waals surface area contributed by atoms with Gasteiger partial charge in [-0.3, -0.25) is 0 Å². The van der Waals surface area contributed by atoms with E-state index >= 15 is 0 Å². The molecule has 1 rings (SSSR count). The van der Waals surface area contributed by atoms with E-state index in [0.717, 1.165) is 11.4 Å². The predicted octanol–water partition coefficient (Wildman–Crippen LogP) is 2.96. The molecule has 0 spiro atoms. The number of esters is 1. The Labute approximate surface area is 106 Å². The van der Waals surface area contributed by atoms with Crippen LogP contribution in [0.3, 0.4) is 0 Å². The highest BCUT2D eigenvalue weighted by Crippen LogP contribution is 2.31. The van der Waals surface area contributed by atoms with Gasteiger partial charge in [0.25, 0.3) is 0 Å². The number of hydrogen-bond donors (Lipinski definition) is 2. The number of anilines is 2. The minimum absolute atomic E-state index is 0.377. The third-order valence-electron chi connectivity index (χ3n) is 2.70. The molecule has 4 nitrogen and oxygen atoms in total. The van der Waals surface area contributed by atoms with Crippen molar-refractivity contribution in [1.29, 1.82) is 0 Å². The van der Waals surface area contributed by atoms with E-state index in [1.807, 2.05) is 0 Å². The maximum atomic E-state index is 11.4. The van der Waals surface area contributed by atoms with Crippen LogP contribution in [0.15, 0.2) is 6.07 Å². The average Bonchev–Trinajstić information content (AvgIpc) is 2.65. The van der Waals surface area contributed by atoms with Gasteiger partial charge in [0.2, 0.25) is 0 Å². The molecule has 0 saturated carbocycles. The lowest BCUT2D eigenvalue weighted by Crippen LogP contribution is -2.23. The fourth-order valence-corrected chi connectivity index (χ4v) is 2.61. The molecule has 0 fully saturated rings. The highest BCUT2D eigenvalue weighted by molar-refractivity contribution is 7.18. The lowest BCUT2D eigenvalue weighted by molar-refractivity contribution is 0.0607. The molecule has 0 aromatic carbocycles. The Kier molecular flexibility index (Phi) is 4.81. The van der Waals surface area contributed by atoms with Gasteiger partial charge in [0.1, 0.15) is 4.88 Å². The summed E-state index contributed by atoms with van der Waals surface area (Å²) in [7, 11) is 1.36. The van der Waals surface area contributed by atoms with Crippen LogP contribution < -0.4 is 11.1 Å². The number of nitrogens with two attached hydrogens (primary N) is 1. The van der Waals surface area contributed by atoms with E-state index < -0.39 is 0 Å². The fourth-order valence-electron chi connectivity index (χ4n) is 1.65. The van der Waals surface area contributed by atoms with Crippen molar-refractivity contribution in [2.24, 2.45) is 5.92 Å². The van der Waals surface area contributed by atoms with Crippen molar-refractivity contribution in [3.63, 3.8) is 0 Å². The molecule has 0 radical (unpaired) electrons. The van der Waals surface area contributed by atoms with E-state index in [0.29, 0.717) is 22.5 Å². The summed E-state index contributed by atoms with van der Waals surface area (Å²) in [6.45, 7) is 6.47. The van der Waals surface area contributed by atoms with Gasteiger partial charge in [0.05, 0.1) is 17.8 Å². The van der Waals surface area contributed by atoms with Crippen molar-refractivity contribution in [1.82, 2.24) is 0 Å². The van der Waals surface area contributed by atoms with Crippen LogP contribution in [0.5, 0.6) is 0 Å². The van der Waals surface area contributed by atoms with Crippen molar-refractivity contribution in [2.75, 3.05) is 18.2 Å². The fraction of sp³-hybridized carbons (Fsp3) is 0.583. The molecule has 0 bridgehead atoms. The minimum Gasteiger partial charge on any atom is -0.465 e. The highest BCUT2D eigenvalue weighted by Gasteiger charge is 2.17. The maximum absolute atomic E-state index is 11.4. The summed E-state index contributed by atoms with van der Waals surface area (Å²) < 4.78 is 4.67. The number of nitrogens with one attached hydrogen (secondary N) is 1. The second-order valence-corrected chi connectivity index (χ2v) is 5.34. The topological polar surface area (TPSA) is 64.3 Å². The molecule has 1 aromatic heterocycles. The normalized spacial score (nSPS) is 12.5. The van der Waals surface area contributed by atoms with Crippen LogP contribution in [-0.4, -0.2) is 19.1 Å². The number of carbonyl (C=O) groups excluding carboxylic acids is 1. The lowest BCUT2D eigenvalue weighted by Gasteiger charge is -2.20. The van der Waals surface area contributed by atoms with Crippen molar-refractivity contribution in [2.45, 2.75) is 33.2 Å². The Morgan fingerprint density at radius 1 is 1.59 bits per heavy atom. The smallest absolute Gasteiger partial charge is 0.350 e. The van der Waals surface area contributed by atoms with Crippen LogP contribution in [0.2, 0.25) is 0 Å². The second kappa shape index (κ2) is 5.91. The number of nitrogen functional groups attached to an aromatic ring is 1. The van der Waals surface area contributed by atoms with Gasteiger partial charge in [-0.15, -0.1) is 11.3 Å². The molecule has 1 atom stereocenters. The van der Waals surface area contributed by atoms with E-state index in [9.17, 15) is 4.79 Å². The van der Waals surface area contributed by atoms with Gasteiger partial charge in [-0.1, -0.05) is 20.8 Å². The second-order valence-electron chi connectivity index (χ2n) is 4.29. The van der Waals surface area contributed by atoms with E-state index in [2.05, 4.69) is 30.8 Å². The van der Waals surface area contributed by atoms with Crippen LogP contribution >= 0.6 is 11.3 Å². The molecule has 0 aliphatic heterocycles. The number of hydrogen-bond acceptors (Lipinski definition) is 5. The first-order chi connectivity index (χ1) is 7.99. The van der Waals surface area contributed by atoms with E-state index in [1.54, 1.807) is 6.07 Å². The lowest BCUT2D eigenvalue weighted by atomic mass is 10.0. The standard InChI is InChI=1S/C12H20N2O2S/c1-5-9(7(2)3)14-10-6-8(13)11(17-10)12(15)16-4/h6-7,9,14H,5,13H2,1-4H3. The molecule has 1 heterocycles. The van der Waals surface area contributed by atoms with E-state index in [-0.39, 0.29) is 5.97 Å². The third-order valence-corrected chi connectivity index (χ3v) is 3.77. The summed E-state index contributed by atoms with van der Waals surface area (Å²) in [6.07, 6.45) is 1.03. The third kappa shape index (κ3) is 3.36. The zero-order valence-electron chi connectivity index (χ0n) is 10.7. The number of rotatable bonds is 5. The number of thiophene rings is 1. The first-order valence-electron chi connectivity index (χ1n) is 5.73. The number of ether oxygens (including phenoxy) is 1. The molecule has 0 amide bonds. The first-order valence-corrected chi connectivity index (χ1v) is 6.55. The summed E-state index contributed by atoms with van der Waals surface area (Å²) >= 11 is 1.34.